The first-order valence-electron chi connectivity index (χ1n) is 10.2. The van der Waals surface area contributed by atoms with Gasteiger partial charge in [-0.3, -0.25) is 9.36 Å². The first kappa shape index (κ1) is 22.1. The van der Waals surface area contributed by atoms with Crippen molar-refractivity contribution in [3.05, 3.63) is 72.4 Å². The van der Waals surface area contributed by atoms with Gasteiger partial charge in [0.2, 0.25) is 5.91 Å². The van der Waals surface area contributed by atoms with Gasteiger partial charge in [0.1, 0.15) is 17.3 Å². The van der Waals surface area contributed by atoms with Crippen LogP contribution in [0.5, 0.6) is 5.75 Å². The highest BCUT2D eigenvalue weighted by atomic mass is 32.2. The number of amides is 1. The van der Waals surface area contributed by atoms with Gasteiger partial charge in [0.15, 0.2) is 16.1 Å². The van der Waals surface area contributed by atoms with Gasteiger partial charge in [-0.15, -0.1) is 10.2 Å². The van der Waals surface area contributed by atoms with E-state index in [2.05, 4.69) is 20.5 Å². The number of carbonyl (C=O) groups excluding carboxylic acids is 1. The summed E-state index contributed by atoms with van der Waals surface area (Å²) in [5.74, 6) is 1.57. The van der Waals surface area contributed by atoms with Gasteiger partial charge in [-0.1, -0.05) is 35.2 Å². The lowest BCUT2D eigenvalue weighted by atomic mass is 10.2. The molecular formula is C23H18FN5O3S2. The van der Waals surface area contributed by atoms with Gasteiger partial charge in [-0.05, 0) is 42.5 Å². The molecule has 0 unspecified atom stereocenters. The Balaban J connectivity index is 1.34. The molecule has 0 atom stereocenters. The molecule has 5 rings (SSSR count). The molecule has 8 nitrogen and oxygen atoms in total. The Morgan fingerprint density at radius 2 is 2.12 bits per heavy atom. The van der Waals surface area contributed by atoms with Gasteiger partial charge in [-0.2, -0.15) is 0 Å². The van der Waals surface area contributed by atoms with Gasteiger partial charge >= 0.3 is 0 Å². The van der Waals surface area contributed by atoms with Gasteiger partial charge in [0, 0.05) is 5.56 Å². The number of benzene rings is 2. The molecule has 2 aromatic carbocycles. The lowest BCUT2D eigenvalue weighted by Gasteiger charge is -2.09. The number of rotatable bonds is 8. The number of thiazole rings is 1. The van der Waals surface area contributed by atoms with Gasteiger partial charge in [0.05, 0.1) is 35.9 Å². The summed E-state index contributed by atoms with van der Waals surface area (Å²) >= 11 is 2.47. The number of thioether (sulfide) groups is 1. The Bertz CT molecular complexity index is 1450. The van der Waals surface area contributed by atoms with Crippen molar-refractivity contribution in [2.45, 2.75) is 11.7 Å². The second kappa shape index (κ2) is 9.65. The smallest absolute Gasteiger partial charge is 0.236 e. The predicted octanol–water partition coefficient (Wildman–Crippen LogP) is 5.07. The van der Waals surface area contributed by atoms with Crippen LogP contribution in [-0.4, -0.2) is 38.5 Å². The van der Waals surface area contributed by atoms with Crippen molar-refractivity contribution in [3.63, 3.8) is 0 Å². The lowest BCUT2D eigenvalue weighted by Crippen LogP contribution is -2.14. The van der Waals surface area contributed by atoms with E-state index < -0.39 is 0 Å². The molecule has 0 fully saturated rings. The molecule has 1 N–H and O–H groups in total. The van der Waals surface area contributed by atoms with Gasteiger partial charge < -0.3 is 14.5 Å². The normalized spacial score (nSPS) is 11.1. The number of anilines is 1. The van der Waals surface area contributed by atoms with Crippen molar-refractivity contribution in [1.82, 2.24) is 19.7 Å². The Kier molecular flexibility index (Phi) is 6.28. The minimum absolute atomic E-state index is 0.0959. The minimum atomic E-state index is -0.340. The molecule has 0 saturated heterocycles. The number of halogens is 1. The number of furan rings is 1. The van der Waals surface area contributed by atoms with Gasteiger partial charge in [0.25, 0.3) is 0 Å². The van der Waals surface area contributed by atoms with Crippen LogP contribution in [0.15, 0.2) is 70.4 Å². The molecule has 34 heavy (non-hydrogen) atoms. The lowest BCUT2D eigenvalue weighted by molar-refractivity contribution is -0.113. The summed E-state index contributed by atoms with van der Waals surface area (Å²) in [4.78, 5) is 16.9. The third-order valence-corrected chi connectivity index (χ3v) is 6.77. The molecule has 0 aliphatic heterocycles. The van der Waals surface area contributed by atoms with E-state index in [0.717, 1.165) is 11.3 Å². The van der Waals surface area contributed by atoms with Crippen molar-refractivity contribution in [2.24, 2.45) is 0 Å². The highest BCUT2D eigenvalue weighted by Gasteiger charge is 2.18. The molecule has 1 amide bonds. The fourth-order valence-electron chi connectivity index (χ4n) is 3.31. The average Bonchev–Trinajstić information content (AvgIpc) is 3.58. The summed E-state index contributed by atoms with van der Waals surface area (Å²) < 4.78 is 26.8. The number of fused-ring (bicyclic) bond motifs is 1. The maximum Gasteiger partial charge on any atom is 0.236 e. The molecule has 0 saturated carbocycles. The van der Waals surface area contributed by atoms with Crippen LogP contribution < -0.4 is 10.1 Å². The minimum Gasteiger partial charge on any atom is -0.497 e. The molecule has 0 aliphatic rings. The molecule has 3 aromatic heterocycles. The third kappa shape index (κ3) is 4.80. The van der Waals surface area contributed by atoms with Crippen molar-refractivity contribution < 1.29 is 18.3 Å². The maximum atomic E-state index is 13.4. The SMILES string of the molecule is COc1cccc(-c2nnc(SCC(=O)Nc3nc4ccc(F)cc4s3)n2Cc2ccco2)c1. The molecule has 0 bridgehead atoms. The topological polar surface area (TPSA) is 95.1 Å². The number of hydrogen-bond donors (Lipinski definition) is 1. The van der Waals surface area contributed by atoms with E-state index in [0.29, 0.717) is 38.6 Å². The largest absolute Gasteiger partial charge is 0.497 e. The van der Waals surface area contributed by atoms with E-state index in [-0.39, 0.29) is 17.5 Å². The van der Waals surface area contributed by atoms with E-state index in [4.69, 9.17) is 9.15 Å². The molecule has 0 aliphatic carbocycles. The summed E-state index contributed by atoms with van der Waals surface area (Å²) in [6.45, 7) is 0.403. The van der Waals surface area contributed by atoms with Crippen molar-refractivity contribution in [3.8, 4) is 17.1 Å². The van der Waals surface area contributed by atoms with Crippen LogP contribution in [0.25, 0.3) is 21.6 Å². The van der Waals surface area contributed by atoms with Crippen LogP contribution in [0, 0.1) is 5.82 Å². The zero-order chi connectivity index (χ0) is 23.5. The second-order valence-corrected chi connectivity index (χ2v) is 9.14. The molecule has 5 aromatic rings. The molecule has 172 valence electrons. The van der Waals surface area contributed by atoms with Gasteiger partial charge in [-0.25, -0.2) is 9.37 Å². The molecular weight excluding hydrogens is 477 g/mol. The van der Waals surface area contributed by atoms with E-state index in [1.165, 1.54) is 35.2 Å². The number of aromatic nitrogens is 4. The summed E-state index contributed by atoms with van der Waals surface area (Å²) in [5.41, 5.74) is 1.46. The Labute approximate surface area is 201 Å². The van der Waals surface area contributed by atoms with Crippen LogP contribution >= 0.6 is 23.1 Å². The second-order valence-electron chi connectivity index (χ2n) is 7.17. The van der Waals surface area contributed by atoms with Crippen molar-refractivity contribution in [1.29, 1.82) is 0 Å². The highest BCUT2D eigenvalue weighted by Crippen LogP contribution is 2.29. The number of carbonyl (C=O) groups is 1. The fraction of sp³-hybridized carbons (Fsp3) is 0.130. The number of ether oxygens (including phenoxy) is 1. The quantitative estimate of drug-likeness (QED) is 0.300. The van der Waals surface area contributed by atoms with Crippen LogP contribution in [0.4, 0.5) is 9.52 Å². The summed E-state index contributed by atoms with van der Waals surface area (Å²) in [6.07, 6.45) is 1.61. The summed E-state index contributed by atoms with van der Waals surface area (Å²) in [5, 5.41) is 12.4. The zero-order valence-corrected chi connectivity index (χ0v) is 19.5. The Hall–Kier alpha value is -3.70. The first-order valence-corrected chi connectivity index (χ1v) is 12.0. The Morgan fingerprint density at radius 1 is 1.21 bits per heavy atom. The Morgan fingerprint density at radius 3 is 2.94 bits per heavy atom. The number of methoxy groups -OCH3 is 1. The number of nitrogens with one attached hydrogen (secondary N) is 1. The van der Waals surface area contributed by atoms with E-state index in [9.17, 15) is 9.18 Å². The summed E-state index contributed by atoms with van der Waals surface area (Å²) in [6, 6.07) is 15.5. The van der Waals surface area contributed by atoms with Crippen molar-refractivity contribution >= 4 is 44.4 Å². The predicted molar refractivity (Wildman–Crippen MR) is 129 cm³/mol. The molecule has 0 spiro atoms. The third-order valence-electron chi connectivity index (χ3n) is 4.87. The monoisotopic (exact) mass is 495 g/mol. The number of nitrogens with zero attached hydrogens (tertiary/aromatic N) is 4. The maximum absolute atomic E-state index is 13.4. The molecule has 0 radical (unpaired) electrons. The molecule has 3 heterocycles. The first-order chi connectivity index (χ1) is 16.6. The molecule has 11 heteroatoms. The van der Waals surface area contributed by atoms with Crippen LogP contribution in [-0.2, 0) is 11.3 Å². The van der Waals surface area contributed by atoms with E-state index in [1.807, 2.05) is 41.0 Å². The highest BCUT2D eigenvalue weighted by molar-refractivity contribution is 7.99. The van der Waals surface area contributed by atoms with Crippen LogP contribution in [0.3, 0.4) is 0 Å². The van der Waals surface area contributed by atoms with E-state index in [1.54, 1.807) is 19.4 Å². The zero-order valence-electron chi connectivity index (χ0n) is 17.9. The van der Waals surface area contributed by atoms with Crippen LogP contribution in [0.1, 0.15) is 5.76 Å². The number of hydrogen-bond acceptors (Lipinski definition) is 8. The fourth-order valence-corrected chi connectivity index (χ4v) is 4.95. The average molecular weight is 496 g/mol. The van der Waals surface area contributed by atoms with E-state index >= 15 is 0 Å². The standard InChI is InChI=1S/C23H18FN5O3S2/c1-31-16-5-2-4-14(10-16)21-27-28-23(29(21)12-17-6-3-9-32-17)33-13-20(30)26-22-25-18-8-7-15(24)11-19(18)34-22/h2-11H,12-13H2,1H3,(H,25,26,30). The van der Waals surface area contributed by atoms with Crippen LogP contribution in [0.2, 0.25) is 0 Å². The summed E-state index contributed by atoms with van der Waals surface area (Å²) in [7, 11) is 1.61. The van der Waals surface area contributed by atoms with Crippen molar-refractivity contribution in [2.75, 3.05) is 18.2 Å².